The van der Waals surface area contributed by atoms with Gasteiger partial charge in [-0.2, -0.15) is 5.26 Å². The Morgan fingerprint density at radius 3 is 2.24 bits per heavy atom. The first kappa shape index (κ1) is 17.6. The molecule has 4 heteroatoms. The number of benzene rings is 3. The number of anilines is 1. The van der Waals surface area contributed by atoms with Gasteiger partial charge in [0.1, 0.15) is 11.9 Å². The van der Waals surface area contributed by atoms with E-state index in [1.165, 1.54) is 18.6 Å². The molecule has 1 heterocycles. The molecule has 5 rings (SSSR count). The summed E-state index contributed by atoms with van der Waals surface area (Å²) in [7, 11) is 0. The average Bonchev–Trinajstić information content (AvgIpc) is 3.07. The minimum atomic E-state index is -0.315. The number of piperidine rings is 1. The van der Waals surface area contributed by atoms with Crippen LogP contribution in [0.3, 0.4) is 0 Å². The van der Waals surface area contributed by atoms with E-state index >= 15 is 0 Å². The summed E-state index contributed by atoms with van der Waals surface area (Å²) in [6.45, 7) is 1.79. The van der Waals surface area contributed by atoms with E-state index in [2.05, 4.69) is 11.0 Å². The normalized spacial score (nSPS) is 15.0. The Kier molecular flexibility index (Phi) is 4.17. The lowest BCUT2D eigenvalue weighted by Crippen LogP contribution is -2.30. The molecule has 1 saturated heterocycles. The summed E-state index contributed by atoms with van der Waals surface area (Å²) in [6.07, 6.45) is 3.36. The summed E-state index contributed by atoms with van der Waals surface area (Å²) < 4.78 is 13.5. The molecule has 0 unspecified atom stereocenters. The molecule has 1 fully saturated rings. The van der Waals surface area contributed by atoms with E-state index in [-0.39, 0.29) is 11.6 Å². The minimum absolute atomic E-state index is 0.0726. The quantitative estimate of drug-likeness (QED) is 0.455. The van der Waals surface area contributed by atoms with E-state index in [0.717, 1.165) is 53.9 Å². The van der Waals surface area contributed by atoms with Gasteiger partial charge in [0.2, 0.25) is 0 Å². The SMILES string of the molecule is N#Cc1c(N2CCCCC2)cc(-c2ccc(F)cc2)c2c1-c1ccccc1C2=O. The van der Waals surface area contributed by atoms with Gasteiger partial charge in [-0.3, -0.25) is 4.79 Å². The van der Waals surface area contributed by atoms with Gasteiger partial charge in [0, 0.05) is 29.8 Å². The first-order valence-corrected chi connectivity index (χ1v) is 9.95. The van der Waals surface area contributed by atoms with E-state index in [1.807, 2.05) is 30.3 Å². The van der Waals surface area contributed by atoms with Crippen molar-refractivity contribution < 1.29 is 9.18 Å². The van der Waals surface area contributed by atoms with Crippen molar-refractivity contribution in [2.24, 2.45) is 0 Å². The van der Waals surface area contributed by atoms with Crippen LogP contribution >= 0.6 is 0 Å². The highest BCUT2D eigenvalue weighted by molar-refractivity contribution is 6.26. The predicted molar refractivity (Wildman–Crippen MR) is 111 cm³/mol. The number of carbonyl (C=O) groups excluding carboxylic acids is 1. The monoisotopic (exact) mass is 382 g/mol. The second-order valence-corrected chi connectivity index (χ2v) is 7.61. The van der Waals surface area contributed by atoms with Crippen LogP contribution in [-0.4, -0.2) is 18.9 Å². The summed E-state index contributed by atoms with van der Waals surface area (Å²) in [5.74, 6) is -0.387. The average molecular weight is 382 g/mol. The standard InChI is InChI=1S/C25H19FN2O/c26-17-10-8-16(9-11-17)20-14-22(28-12-4-1-5-13-28)21(15-27)23-18-6-2-3-7-19(18)25(29)24(20)23/h2-3,6-11,14H,1,4-5,12-13H2. The van der Waals surface area contributed by atoms with E-state index in [9.17, 15) is 14.4 Å². The van der Waals surface area contributed by atoms with Gasteiger partial charge < -0.3 is 4.90 Å². The van der Waals surface area contributed by atoms with Crippen LogP contribution in [0.25, 0.3) is 22.3 Å². The highest BCUT2D eigenvalue weighted by Gasteiger charge is 2.34. The molecule has 1 aliphatic carbocycles. The van der Waals surface area contributed by atoms with Crippen LogP contribution in [0.2, 0.25) is 0 Å². The van der Waals surface area contributed by atoms with E-state index < -0.39 is 0 Å². The Bertz CT molecular complexity index is 1170. The Labute approximate surface area is 169 Å². The number of rotatable bonds is 2. The second-order valence-electron chi connectivity index (χ2n) is 7.61. The summed E-state index contributed by atoms with van der Waals surface area (Å²) >= 11 is 0. The summed E-state index contributed by atoms with van der Waals surface area (Å²) in [5, 5.41) is 10.1. The summed E-state index contributed by atoms with van der Waals surface area (Å²) in [5.41, 5.74) is 5.68. The van der Waals surface area contributed by atoms with Crippen LogP contribution < -0.4 is 4.90 Å². The predicted octanol–water partition coefficient (Wildman–Crippen LogP) is 5.57. The van der Waals surface area contributed by atoms with Crippen molar-refractivity contribution in [2.45, 2.75) is 19.3 Å². The molecule has 3 aromatic rings. The number of fused-ring (bicyclic) bond motifs is 3. The number of hydrogen-bond donors (Lipinski definition) is 0. The topological polar surface area (TPSA) is 44.1 Å². The highest BCUT2D eigenvalue weighted by atomic mass is 19.1. The lowest BCUT2D eigenvalue weighted by atomic mass is 9.90. The number of nitrogens with zero attached hydrogens (tertiary/aromatic N) is 2. The summed E-state index contributed by atoms with van der Waals surface area (Å²) in [6, 6.07) is 18.0. The van der Waals surface area contributed by atoms with Crippen LogP contribution in [0.4, 0.5) is 10.1 Å². The first-order valence-electron chi connectivity index (χ1n) is 9.95. The number of carbonyl (C=O) groups is 1. The molecular formula is C25H19FN2O. The number of halogens is 1. The molecular weight excluding hydrogens is 363 g/mol. The van der Waals surface area contributed by atoms with Gasteiger partial charge >= 0.3 is 0 Å². The third kappa shape index (κ3) is 2.74. The van der Waals surface area contributed by atoms with Gasteiger partial charge in [0.15, 0.2) is 5.78 Å². The number of hydrogen-bond acceptors (Lipinski definition) is 3. The molecule has 29 heavy (non-hydrogen) atoms. The maximum absolute atomic E-state index is 13.5. The van der Waals surface area contributed by atoms with Gasteiger partial charge in [-0.05, 0) is 54.2 Å². The van der Waals surface area contributed by atoms with E-state index in [0.29, 0.717) is 16.7 Å². The lowest BCUT2D eigenvalue weighted by molar-refractivity contribution is 0.104. The van der Waals surface area contributed by atoms with Crippen molar-refractivity contribution in [3.8, 4) is 28.3 Å². The van der Waals surface area contributed by atoms with Gasteiger partial charge in [-0.1, -0.05) is 36.4 Å². The molecule has 3 aromatic carbocycles. The van der Waals surface area contributed by atoms with Crippen molar-refractivity contribution in [1.82, 2.24) is 0 Å². The van der Waals surface area contributed by atoms with E-state index in [4.69, 9.17) is 0 Å². The molecule has 0 bridgehead atoms. The molecule has 0 amide bonds. The maximum atomic E-state index is 13.5. The fourth-order valence-corrected chi connectivity index (χ4v) is 4.56. The number of ketones is 1. The van der Waals surface area contributed by atoms with Gasteiger partial charge in [0.25, 0.3) is 0 Å². The van der Waals surface area contributed by atoms with Gasteiger partial charge in [-0.25, -0.2) is 4.39 Å². The molecule has 0 atom stereocenters. The highest BCUT2D eigenvalue weighted by Crippen LogP contribution is 2.47. The Balaban J connectivity index is 1.84. The van der Waals surface area contributed by atoms with Gasteiger partial charge in [-0.15, -0.1) is 0 Å². The zero-order chi connectivity index (χ0) is 20.0. The molecule has 0 saturated carbocycles. The largest absolute Gasteiger partial charge is 0.370 e. The zero-order valence-electron chi connectivity index (χ0n) is 15.9. The molecule has 0 radical (unpaired) electrons. The van der Waals surface area contributed by atoms with Crippen molar-refractivity contribution in [3.05, 3.63) is 77.1 Å². The molecule has 2 aliphatic rings. The smallest absolute Gasteiger partial charge is 0.194 e. The fraction of sp³-hybridized carbons (Fsp3) is 0.200. The van der Waals surface area contributed by atoms with Crippen molar-refractivity contribution in [3.63, 3.8) is 0 Å². The molecule has 0 spiro atoms. The molecule has 1 aliphatic heterocycles. The lowest BCUT2D eigenvalue weighted by Gasteiger charge is -2.31. The molecule has 3 nitrogen and oxygen atoms in total. The third-order valence-electron chi connectivity index (χ3n) is 5.94. The molecule has 142 valence electrons. The van der Waals surface area contributed by atoms with Gasteiger partial charge in [0.05, 0.1) is 11.3 Å². The Hall–Kier alpha value is -3.45. The Morgan fingerprint density at radius 2 is 1.55 bits per heavy atom. The van der Waals surface area contributed by atoms with Crippen molar-refractivity contribution >= 4 is 11.5 Å². The van der Waals surface area contributed by atoms with Crippen LogP contribution in [-0.2, 0) is 0 Å². The third-order valence-corrected chi connectivity index (χ3v) is 5.94. The van der Waals surface area contributed by atoms with Crippen LogP contribution in [0.15, 0.2) is 54.6 Å². The van der Waals surface area contributed by atoms with Crippen LogP contribution in [0.5, 0.6) is 0 Å². The fourth-order valence-electron chi connectivity index (χ4n) is 4.56. The van der Waals surface area contributed by atoms with Crippen molar-refractivity contribution in [2.75, 3.05) is 18.0 Å². The molecule has 0 aromatic heterocycles. The van der Waals surface area contributed by atoms with Crippen molar-refractivity contribution in [1.29, 1.82) is 5.26 Å². The summed E-state index contributed by atoms with van der Waals surface area (Å²) in [4.78, 5) is 15.6. The minimum Gasteiger partial charge on any atom is -0.370 e. The second kappa shape index (κ2) is 6.86. The first-order chi connectivity index (χ1) is 14.2. The van der Waals surface area contributed by atoms with E-state index in [1.54, 1.807) is 12.1 Å². The Morgan fingerprint density at radius 1 is 0.862 bits per heavy atom. The van der Waals surface area contributed by atoms with Crippen LogP contribution in [0.1, 0.15) is 40.7 Å². The molecule has 0 N–H and O–H groups in total. The van der Waals surface area contributed by atoms with Crippen LogP contribution in [0, 0.1) is 17.1 Å². The maximum Gasteiger partial charge on any atom is 0.194 e. The zero-order valence-corrected chi connectivity index (χ0v) is 15.9. The number of nitriles is 1.